The van der Waals surface area contributed by atoms with Gasteiger partial charge < -0.3 is 4.74 Å². The standard InChI is InChI=1S/C12H16O2/c1-14-10-6-5-9-3-2-4-12(13)11(9)8-7-10/h2-3,10H,4-8H2,1H3. The number of rotatable bonds is 1. The Hall–Kier alpha value is -0.890. The van der Waals surface area contributed by atoms with Gasteiger partial charge in [0.25, 0.3) is 0 Å². The van der Waals surface area contributed by atoms with Crippen molar-refractivity contribution >= 4 is 5.78 Å². The van der Waals surface area contributed by atoms with Gasteiger partial charge in [-0.25, -0.2) is 0 Å². The van der Waals surface area contributed by atoms with Crippen LogP contribution in [0.2, 0.25) is 0 Å². The van der Waals surface area contributed by atoms with Gasteiger partial charge >= 0.3 is 0 Å². The zero-order chi connectivity index (χ0) is 9.97. The van der Waals surface area contributed by atoms with Gasteiger partial charge in [0.2, 0.25) is 0 Å². The number of Topliss-reactive ketones (excluding diaryl/α,β-unsaturated/α-hetero) is 1. The second-order valence-electron chi connectivity index (χ2n) is 3.97. The lowest BCUT2D eigenvalue weighted by atomic mass is 9.93. The summed E-state index contributed by atoms with van der Waals surface area (Å²) in [6.45, 7) is 0. The van der Waals surface area contributed by atoms with Crippen LogP contribution in [-0.4, -0.2) is 19.0 Å². The molecule has 2 aliphatic carbocycles. The van der Waals surface area contributed by atoms with E-state index in [0.717, 1.165) is 31.3 Å². The van der Waals surface area contributed by atoms with Gasteiger partial charge in [0, 0.05) is 13.5 Å². The van der Waals surface area contributed by atoms with Gasteiger partial charge in [-0.3, -0.25) is 4.79 Å². The quantitative estimate of drug-likeness (QED) is 0.637. The first-order valence-corrected chi connectivity index (χ1v) is 5.26. The predicted octanol–water partition coefficient (Wildman–Crippen LogP) is 2.40. The van der Waals surface area contributed by atoms with Crippen LogP contribution in [0.3, 0.4) is 0 Å². The molecule has 0 radical (unpaired) electrons. The summed E-state index contributed by atoms with van der Waals surface area (Å²) in [5, 5.41) is 0. The minimum absolute atomic E-state index is 0.319. The number of carbonyl (C=O) groups excluding carboxylic acids is 1. The third-order valence-corrected chi connectivity index (χ3v) is 3.13. The molecule has 76 valence electrons. The van der Waals surface area contributed by atoms with Crippen LogP contribution in [-0.2, 0) is 9.53 Å². The SMILES string of the molecule is COC1CCC2=C(CC1)C(=O)CC=C2. The van der Waals surface area contributed by atoms with E-state index in [4.69, 9.17) is 4.74 Å². The van der Waals surface area contributed by atoms with E-state index >= 15 is 0 Å². The van der Waals surface area contributed by atoms with Gasteiger partial charge in [0.05, 0.1) is 6.10 Å². The number of allylic oxidation sites excluding steroid dienone is 4. The molecule has 0 bridgehead atoms. The van der Waals surface area contributed by atoms with Crippen molar-refractivity contribution in [3.63, 3.8) is 0 Å². The van der Waals surface area contributed by atoms with E-state index in [2.05, 4.69) is 6.08 Å². The minimum atomic E-state index is 0.319. The Morgan fingerprint density at radius 2 is 2.14 bits per heavy atom. The van der Waals surface area contributed by atoms with E-state index in [1.807, 2.05) is 6.08 Å². The molecule has 0 amide bonds. The molecular weight excluding hydrogens is 176 g/mol. The summed E-state index contributed by atoms with van der Waals surface area (Å²) in [4.78, 5) is 11.6. The zero-order valence-electron chi connectivity index (χ0n) is 8.58. The highest BCUT2D eigenvalue weighted by Crippen LogP contribution is 2.29. The van der Waals surface area contributed by atoms with Gasteiger partial charge in [-0.2, -0.15) is 0 Å². The molecule has 0 N–H and O–H groups in total. The summed E-state index contributed by atoms with van der Waals surface area (Å²) in [6, 6.07) is 0. The molecule has 0 aliphatic heterocycles. The highest BCUT2D eigenvalue weighted by molar-refractivity contribution is 5.98. The minimum Gasteiger partial charge on any atom is -0.381 e. The number of hydrogen-bond donors (Lipinski definition) is 0. The summed E-state index contributed by atoms with van der Waals surface area (Å²) in [7, 11) is 1.76. The first-order chi connectivity index (χ1) is 6.81. The van der Waals surface area contributed by atoms with Crippen LogP contribution in [0.25, 0.3) is 0 Å². The summed E-state index contributed by atoms with van der Waals surface area (Å²) in [5.41, 5.74) is 2.31. The Morgan fingerprint density at radius 3 is 2.93 bits per heavy atom. The van der Waals surface area contributed by atoms with Crippen LogP contribution in [0.1, 0.15) is 32.1 Å². The maximum absolute atomic E-state index is 11.6. The Bertz CT molecular complexity index is 299. The van der Waals surface area contributed by atoms with Crippen molar-refractivity contribution in [2.75, 3.05) is 7.11 Å². The van der Waals surface area contributed by atoms with E-state index in [-0.39, 0.29) is 0 Å². The molecule has 14 heavy (non-hydrogen) atoms. The van der Waals surface area contributed by atoms with Crippen LogP contribution < -0.4 is 0 Å². The van der Waals surface area contributed by atoms with Gasteiger partial charge in [-0.15, -0.1) is 0 Å². The summed E-state index contributed by atoms with van der Waals surface area (Å²) in [5.74, 6) is 0.319. The Kier molecular flexibility index (Phi) is 2.82. The van der Waals surface area contributed by atoms with Crippen molar-refractivity contribution in [2.24, 2.45) is 0 Å². The molecule has 0 saturated heterocycles. The third-order valence-electron chi connectivity index (χ3n) is 3.13. The molecule has 0 aromatic carbocycles. The molecule has 2 aliphatic rings. The Morgan fingerprint density at radius 1 is 1.36 bits per heavy atom. The lowest BCUT2D eigenvalue weighted by Gasteiger charge is -2.11. The van der Waals surface area contributed by atoms with Crippen LogP contribution >= 0.6 is 0 Å². The van der Waals surface area contributed by atoms with Crippen LogP contribution in [0.15, 0.2) is 23.3 Å². The highest BCUT2D eigenvalue weighted by atomic mass is 16.5. The van der Waals surface area contributed by atoms with Gasteiger partial charge in [0.1, 0.15) is 0 Å². The maximum atomic E-state index is 11.6. The van der Waals surface area contributed by atoms with Gasteiger partial charge in [-0.1, -0.05) is 12.2 Å². The van der Waals surface area contributed by atoms with E-state index in [9.17, 15) is 4.79 Å². The molecule has 1 atom stereocenters. The molecule has 0 heterocycles. The van der Waals surface area contributed by atoms with E-state index in [0.29, 0.717) is 18.3 Å². The van der Waals surface area contributed by atoms with E-state index < -0.39 is 0 Å². The van der Waals surface area contributed by atoms with Crippen LogP contribution in [0, 0.1) is 0 Å². The molecule has 2 nitrogen and oxygen atoms in total. The second-order valence-corrected chi connectivity index (χ2v) is 3.97. The Balaban J connectivity index is 2.16. The smallest absolute Gasteiger partial charge is 0.162 e. The van der Waals surface area contributed by atoms with Crippen molar-refractivity contribution in [3.05, 3.63) is 23.3 Å². The molecule has 0 saturated carbocycles. The largest absolute Gasteiger partial charge is 0.381 e. The molecular formula is C12H16O2. The maximum Gasteiger partial charge on any atom is 0.162 e. The number of ether oxygens (including phenoxy) is 1. The van der Waals surface area contributed by atoms with Crippen molar-refractivity contribution in [1.29, 1.82) is 0 Å². The van der Waals surface area contributed by atoms with Gasteiger partial charge in [0.15, 0.2) is 5.78 Å². The van der Waals surface area contributed by atoms with Crippen molar-refractivity contribution in [2.45, 2.75) is 38.2 Å². The van der Waals surface area contributed by atoms with Crippen LogP contribution in [0.5, 0.6) is 0 Å². The molecule has 2 heteroatoms. The topological polar surface area (TPSA) is 26.3 Å². The van der Waals surface area contributed by atoms with Crippen molar-refractivity contribution in [3.8, 4) is 0 Å². The highest BCUT2D eigenvalue weighted by Gasteiger charge is 2.22. The monoisotopic (exact) mass is 192 g/mol. The second kappa shape index (κ2) is 4.09. The molecule has 0 spiro atoms. The fourth-order valence-corrected chi connectivity index (χ4v) is 2.25. The molecule has 1 unspecified atom stereocenters. The average Bonchev–Trinajstić information content (AvgIpc) is 2.41. The summed E-state index contributed by atoms with van der Waals surface area (Å²) >= 11 is 0. The molecule has 2 rings (SSSR count). The molecule has 0 aromatic heterocycles. The Labute approximate surface area is 84.6 Å². The zero-order valence-corrected chi connectivity index (χ0v) is 8.58. The van der Waals surface area contributed by atoms with E-state index in [1.165, 1.54) is 5.57 Å². The molecule has 0 aromatic rings. The normalized spacial score (nSPS) is 27.5. The number of ketones is 1. The molecule has 0 fully saturated rings. The van der Waals surface area contributed by atoms with E-state index in [1.54, 1.807) is 7.11 Å². The third kappa shape index (κ3) is 1.80. The summed E-state index contributed by atoms with van der Waals surface area (Å²) in [6.07, 6.45) is 8.97. The van der Waals surface area contributed by atoms with Crippen LogP contribution in [0.4, 0.5) is 0 Å². The number of hydrogen-bond acceptors (Lipinski definition) is 2. The first-order valence-electron chi connectivity index (χ1n) is 5.26. The lowest BCUT2D eigenvalue weighted by Crippen LogP contribution is -2.09. The average molecular weight is 192 g/mol. The summed E-state index contributed by atoms with van der Waals surface area (Å²) < 4.78 is 5.35. The fourth-order valence-electron chi connectivity index (χ4n) is 2.25. The first kappa shape index (κ1) is 9.66. The van der Waals surface area contributed by atoms with Crippen molar-refractivity contribution in [1.82, 2.24) is 0 Å². The van der Waals surface area contributed by atoms with Crippen molar-refractivity contribution < 1.29 is 9.53 Å². The number of methoxy groups -OCH3 is 1. The fraction of sp³-hybridized carbons (Fsp3) is 0.583. The lowest BCUT2D eigenvalue weighted by molar-refractivity contribution is -0.115. The number of carbonyl (C=O) groups is 1. The van der Waals surface area contributed by atoms with Gasteiger partial charge in [-0.05, 0) is 36.8 Å². The predicted molar refractivity (Wildman–Crippen MR) is 55.1 cm³/mol.